The number of aliphatic hydroxyl groups excluding tert-OH is 2. The van der Waals surface area contributed by atoms with Crippen molar-refractivity contribution >= 4 is 23.4 Å². The quantitative estimate of drug-likeness (QED) is 0.0428. The lowest BCUT2D eigenvalue weighted by atomic mass is 9.55. The Hall–Kier alpha value is -4.56. The number of hydrogen-bond donors (Lipinski definition) is 3. The van der Waals surface area contributed by atoms with Gasteiger partial charge in [0.25, 0.3) is 5.69 Å². The van der Waals surface area contributed by atoms with Crippen LogP contribution in [0.5, 0.6) is 11.5 Å². The van der Waals surface area contributed by atoms with Gasteiger partial charge in [0.05, 0.1) is 29.8 Å². The lowest BCUT2D eigenvalue weighted by Gasteiger charge is -2.60. The van der Waals surface area contributed by atoms with Gasteiger partial charge in [0.1, 0.15) is 17.5 Å². The molecule has 2 aromatic carbocycles. The highest BCUT2D eigenvalue weighted by atomic mass is 16.8. The third-order valence-corrected chi connectivity index (χ3v) is 11.7. The number of carbonyl (C=O) groups excluding carboxylic acids is 1. The maximum Gasteiger partial charge on any atom is 0.269 e. The molecule has 0 bridgehead atoms. The summed E-state index contributed by atoms with van der Waals surface area (Å²) in [6.45, 7) is 7.22. The van der Waals surface area contributed by atoms with Gasteiger partial charge in [-0.1, -0.05) is 37.1 Å². The maximum atomic E-state index is 14.6. The number of nitrogens with zero attached hydrogens (tertiary/aromatic N) is 3. The number of allylic oxidation sites excluding steroid dienone is 1. The minimum absolute atomic E-state index is 0.0279. The first-order valence-electron chi connectivity index (χ1n) is 20.5. The van der Waals surface area contributed by atoms with E-state index in [0.717, 1.165) is 49.7 Å². The Morgan fingerprint density at radius 3 is 2.56 bits per heavy atom. The molecule has 1 saturated heterocycles. The normalized spacial score (nSPS) is 27.2. The fourth-order valence-corrected chi connectivity index (χ4v) is 9.21. The molecule has 13 nitrogen and oxygen atoms in total. The smallest absolute Gasteiger partial charge is 0.269 e. The molecule has 6 rings (SSSR count). The highest BCUT2D eigenvalue weighted by molar-refractivity contribution is 6.03. The van der Waals surface area contributed by atoms with Crippen LogP contribution in [0.3, 0.4) is 0 Å². The van der Waals surface area contributed by atoms with Crippen molar-refractivity contribution in [1.82, 2.24) is 4.90 Å². The molecule has 4 aliphatic rings. The Labute approximate surface area is 334 Å². The monoisotopic (exact) mass is 787 g/mol. The van der Waals surface area contributed by atoms with Crippen LogP contribution in [0, 0.1) is 27.9 Å². The van der Waals surface area contributed by atoms with E-state index in [1.54, 1.807) is 47.4 Å². The van der Waals surface area contributed by atoms with Crippen molar-refractivity contribution in [2.45, 2.75) is 102 Å². The van der Waals surface area contributed by atoms with Crippen molar-refractivity contribution in [3.63, 3.8) is 0 Å². The molecule has 0 spiro atoms. The van der Waals surface area contributed by atoms with Crippen molar-refractivity contribution < 1.29 is 44.1 Å². The molecular formula is C44H57N3O10. The summed E-state index contributed by atoms with van der Waals surface area (Å²) in [5.41, 5.74) is 3.01. The fraction of sp³-hybridized carbons (Fsp3) is 0.545. The molecular weight excluding hydrogens is 730 g/mol. The van der Waals surface area contributed by atoms with Crippen LogP contribution in [0.2, 0.25) is 0 Å². The third kappa shape index (κ3) is 9.44. The molecule has 1 amide bonds. The Morgan fingerprint density at radius 1 is 1.11 bits per heavy atom. The summed E-state index contributed by atoms with van der Waals surface area (Å²) in [7, 11) is 0. The average Bonchev–Trinajstić information content (AvgIpc) is 3.22. The molecule has 2 aromatic rings. The fourth-order valence-electron chi connectivity index (χ4n) is 9.21. The number of hydrogen-bond acceptors (Lipinski definition) is 11. The van der Waals surface area contributed by atoms with Gasteiger partial charge in [0.2, 0.25) is 18.0 Å². The summed E-state index contributed by atoms with van der Waals surface area (Å²) in [6.07, 6.45) is 14.5. The molecule has 3 N–H and O–H groups in total. The number of fused-ring (bicyclic) bond motifs is 2. The standard InChI is InChI=1S/C44H57N3O10/c1-3-22-46(40(51)21-16-30-14-17-32(18-15-30)47(52)53)39-29-37(45-57-41-13-7-10-26-54-41)35-27-31(11-5-8-23-48)34(12-6-9-24-49)42-36-28-33(50)19-20-38(36)56-44(39,43(35)42)55-25-4-2/h4,14-21,27-28,31,34,39,41-43,48-50H,2-3,5-13,22-26,29H2,1H3. The van der Waals surface area contributed by atoms with Crippen LogP contribution in [0.1, 0.15) is 94.6 Å². The number of aliphatic hydroxyl groups is 2. The van der Waals surface area contributed by atoms with Gasteiger partial charge in [0, 0.05) is 62.3 Å². The van der Waals surface area contributed by atoms with Crippen LogP contribution in [-0.4, -0.2) is 87.9 Å². The number of aromatic hydroxyl groups is 1. The lowest BCUT2D eigenvalue weighted by molar-refractivity contribution is -0.384. The highest BCUT2D eigenvalue weighted by Crippen LogP contribution is 2.62. The molecule has 308 valence electrons. The first kappa shape index (κ1) is 42.1. The van der Waals surface area contributed by atoms with Crippen LogP contribution < -0.4 is 4.74 Å². The third-order valence-electron chi connectivity index (χ3n) is 11.7. The van der Waals surface area contributed by atoms with Crippen LogP contribution in [0.4, 0.5) is 5.69 Å². The Morgan fingerprint density at radius 2 is 1.88 bits per heavy atom. The number of unbranched alkanes of at least 4 members (excludes halogenated alkanes) is 2. The average molecular weight is 788 g/mol. The van der Waals surface area contributed by atoms with E-state index in [9.17, 15) is 30.2 Å². The van der Waals surface area contributed by atoms with E-state index in [1.165, 1.54) is 18.2 Å². The number of ether oxygens (including phenoxy) is 3. The molecule has 2 fully saturated rings. The molecule has 7 atom stereocenters. The van der Waals surface area contributed by atoms with E-state index in [1.807, 2.05) is 6.92 Å². The summed E-state index contributed by atoms with van der Waals surface area (Å²) < 4.78 is 20.1. The van der Waals surface area contributed by atoms with Crippen molar-refractivity contribution in [2.24, 2.45) is 22.9 Å². The van der Waals surface area contributed by atoms with Gasteiger partial charge >= 0.3 is 0 Å². The maximum absolute atomic E-state index is 14.6. The molecule has 2 aliphatic heterocycles. The topological polar surface area (TPSA) is 173 Å². The number of rotatable bonds is 19. The molecule has 13 heteroatoms. The molecule has 2 aliphatic carbocycles. The van der Waals surface area contributed by atoms with Crippen LogP contribution >= 0.6 is 0 Å². The van der Waals surface area contributed by atoms with E-state index < -0.39 is 29.0 Å². The van der Waals surface area contributed by atoms with Crippen molar-refractivity contribution in [1.29, 1.82) is 0 Å². The second-order valence-corrected chi connectivity index (χ2v) is 15.4. The van der Waals surface area contributed by atoms with E-state index in [4.69, 9.17) is 24.2 Å². The van der Waals surface area contributed by atoms with E-state index in [0.29, 0.717) is 55.9 Å². The van der Waals surface area contributed by atoms with E-state index >= 15 is 0 Å². The summed E-state index contributed by atoms with van der Waals surface area (Å²) in [5.74, 6) is -1.72. The number of benzene rings is 2. The molecule has 57 heavy (non-hydrogen) atoms. The predicted octanol–water partition coefficient (Wildman–Crippen LogP) is 7.41. The Balaban J connectivity index is 1.53. The number of carbonyl (C=O) groups is 1. The van der Waals surface area contributed by atoms with Gasteiger partial charge in [-0.25, -0.2) is 0 Å². The van der Waals surface area contributed by atoms with Crippen molar-refractivity contribution in [3.8, 4) is 11.5 Å². The summed E-state index contributed by atoms with van der Waals surface area (Å²) in [4.78, 5) is 33.3. The number of phenols is 1. The SMILES string of the molecule is C=CCOC12Oc3ccc(O)cc3C3C(CCCCO)C(CCCCO)C=C(C(=NOC4CCCCO4)CC1N(CCC)C(=O)C=Cc1ccc([N+](=O)[O-])cc1)C32. The first-order chi connectivity index (χ1) is 27.7. The Kier molecular flexibility index (Phi) is 14.6. The number of nitro benzene ring substituents is 1. The van der Waals surface area contributed by atoms with Crippen molar-refractivity contribution in [3.05, 3.63) is 94.1 Å². The number of oxime groups is 1. The molecule has 2 heterocycles. The van der Waals surface area contributed by atoms with Gasteiger partial charge in [-0.3, -0.25) is 14.9 Å². The molecule has 1 saturated carbocycles. The van der Waals surface area contributed by atoms with E-state index in [2.05, 4.69) is 12.7 Å². The van der Waals surface area contributed by atoms with Gasteiger partial charge in [0.15, 0.2) is 0 Å². The van der Waals surface area contributed by atoms with Crippen LogP contribution in [0.15, 0.2) is 78.0 Å². The number of nitro groups is 1. The molecule has 0 radical (unpaired) electrons. The van der Waals surface area contributed by atoms with Gasteiger partial charge in [-0.15, -0.1) is 6.58 Å². The number of non-ortho nitro benzene ring substituents is 1. The first-order valence-corrected chi connectivity index (χ1v) is 20.5. The molecule has 7 unspecified atom stereocenters. The second kappa shape index (κ2) is 19.7. The Bertz CT molecular complexity index is 1790. The second-order valence-electron chi connectivity index (χ2n) is 15.4. The summed E-state index contributed by atoms with van der Waals surface area (Å²) >= 11 is 0. The summed E-state index contributed by atoms with van der Waals surface area (Å²) in [6, 6.07) is 10.5. The molecule has 0 aromatic heterocycles. The predicted molar refractivity (Wildman–Crippen MR) is 215 cm³/mol. The zero-order valence-corrected chi connectivity index (χ0v) is 32.9. The van der Waals surface area contributed by atoms with Gasteiger partial charge in [-0.2, -0.15) is 0 Å². The van der Waals surface area contributed by atoms with Gasteiger partial charge in [-0.05, 0) is 104 Å². The zero-order chi connectivity index (χ0) is 40.4. The minimum atomic E-state index is -1.42. The zero-order valence-electron chi connectivity index (χ0n) is 32.9. The largest absolute Gasteiger partial charge is 0.508 e. The van der Waals surface area contributed by atoms with Crippen LogP contribution in [0.25, 0.3) is 6.08 Å². The number of amides is 1. The van der Waals surface area contributed by atoms with Crippen LogP contribution in [-0.2, 0) is 19.1 Å². The lowest BCUT2D eigenvalue weighted by Crippen LogP contribution is -2.70. The highest BCUT2D eigenvalue weighted by Gasteiger charge is 2.65. The van der Waals surface area contributed by atoms with Gasteiger partial charge < -0.3 is 39.3 Å². The van der Waals surface area contributed by atoms with E-state index in [-0.39, 0.29) is 61.3 Å². The number of phenolic OH excluding ortho intramolecular Hbond substituents is 1. The van der Waals surface area contributed by atoms with Crippen molar-refractivity contribution in [2.75, 3.05) is 33.0 Å². The summed E-state index contributed by atoms with van der Waals surface area (Å²) in [5, 5.41) is 46.7. The minimum Gasteiger partial charge on any atom is -0.508 e.